The van der Waals surface area contributed by atoms with Crippen LogP contribution in [0.15, 0.2) is 88.8 Å². The number of fused-ring (bicyclic) bond motifs is 3. The number of aliphatic imine (C=N–C) groups is 1. The Morgan fingerprint density at radius 2 is 1.77 bits per heavy atom. The molecular formula is C26H21NO2S2. The topological polar surface area (TPSA) is 38.7 Å². The summed E-state index contributed by atoms with van der Waals surface area (Å²) in [7, 11) is 0. The number of ether oxygens (including phenoxy) is 1. The number of hydrogen-bond donors (Lipinski definition) is 0. The zero-order valence-corrected chi connectivity index (χ0v) is 18.7. The van der Waals surface area contributed by atoms with Gasteiger partial charge in [0.2, 0.25) is 0 Å². The molecule has 0 radical (unpaired) electrons. The summed E-state index contributed by atoms with van der Waals surface area (Å²) >= 11 is 3.32. The van der Waals surface area contributed by atoms with Crippen molar-refractivity contribution in [2.45, 2.75) is 23.5 Å². The van der Waals surface area contributed by atoms with Crippen LogP contribution in [0.1, 0.15) is 39.4 Å². The Hall–Kier alpha value is -2.89. The van der Waals surface area contributed by atoms with Crippen molar-refractivity contribution in [3.05, 3.63) is 94.9 Å². The molecule has 0 saturated heterocycles. The molecule has 4 aromatic rings. The van der Waals surface area contributed by atoms with Gasteiger partial charge < -0.3 is 4.74 Å². The first-order valence-corrected chi connectivity index (χ1v) is 12.0. The number of rotatable bonds is 4. The smallest absolute Gasteiger partial charge is 0.348 e. The molecule has 31 heavy (non-hydrogen) atoms. The van der Waals surface area contributed by atoms with Crippen LogP contribution in [-0.2, 0) is 4.74 Å². The van der Waals surface area contributed by atoms with Gasteiger partial charge >= 0.3 is 5.97 Å². The maximum Gasteiger partial charge on any atom is 0.348 e. The monoisotopic (exact) mass is 443 g/mol. The minimum atomic E-state index is -0.260. The van der Waals surface area contributed by atoms with Crippen molar-refractivity contribution >= 4 is 50.6 Å². The number of carbonyl (C=O) groups excluding carboxylic acids is 1. The third-order valence-corrected chi connectivity index (χ3v) is 7.75. The Balaban J connectivity index is 1.67. The summed E-state index contributed by atoms with van der Waals surface area (Å²) in [5, 5.41) is 1.31. The van der Waals surface area contributed by atoms with Crippen LogP contribution in [0, 0.1) is 0 Å². The van der Waals surface area contributed by atoms with Gasteiger partial charge in [0, 0.05) is 32.4 Å². The molecule has 0 aliphatic carbocycles. The highest BCUT2D eigenvalue weighted by Gasteiger charge is 2.25. The molecule has 3 nitrogen and oxygen atoms in total. The van der Waals surface area contributed by atoms with E-state index in [4.69, 9.17) is 9.73 Å². The minimum Gasteiger partial charge on any atom is -0.462 e. The maximum absolute atomic E-state index is 12.3. The number of esters is 1. The van der Waals surface area contributed by atoms with Gasteiger partial charge in [0.15, 0.2) is 0 Å². The van der Waals surface area contributed by atoms with Crippen molar-refractivity contribution in [3.63, 3.8) is 0 Å². The maximum atomic E-state index is 12.3. The number of thiophene rings is 1. The molecule has 3 aromatic carbocycles. The van der Waals surface area contributed by atoms with Gasteiger partial charge in [-0.3, -0.25) is 4.99 Å². The number of hydrogen-bond acceptors (Lipinski definition) is 5. The van der Waals surface area contributed by atoms with E-state index in [2.05, 4.69) is 60.7 Å². The molecule has 1 atom stereocenters. The predicted octanol–water partition coefficient (Wildman–Crippen LogP) is 7.44. The third-order valence-electron chi connectivity index (χ3n) is 5.28. The van der Waals surface area contributed by atoms with E-state index in [0.717, 1.165) is 38.4 Å². The van der Waals surface area contributed by atoms with Crippen LogP contribution in [-0.4, -0.2) is 18.3 Å². The summed E-state index contributed by atoms with van der Waals surface area (Å²) < 4.78 is 6.31. The normalized spacial score (nSPS) is 15.8. The number of thioether (sulfide) groups is 1. The molecule has 0 amide bonds. The lowest BCUT2D eigenvalue weighted by molar-refractivity contribution is 0.0532. The lowest BCUT2D eigenvalue weighted by Gasteiger charge is -2.16. The molecule has 0 fully saturated rings. The third kappa shape index (κ3) is 4.03. The quantitative estimate of drug-likeness (QED) is 0.308. The fraction of sp³-hybridized carbons (Fsp3) is 0.154. The molecule has 2 heterocycles. The average molecular weight is 444 g/mol. The van der Waals surface area contributed by atoms with Crippen molar-refractivity contribution in [2.24, 2.45) is 4.99 Å². The lowest BCUT2D eigenvalue weighted by atomic mass is 10.0. The van der Waals surface area contributed by atoms with Gasteiger partial charge in [-0.15, -0.1) is 23.1 Å². The van der Waals surface area contributed by atoms with Gasteiger partial charge in [-0.1, -0.05) is 60.7 Å². The van der Waals surface area contributed by atoms with Crippen molar-refractivity contribution in [2.75, 3.05) is 6.61 Å². The van der Waals surface area contributed by atoms with Crippen LogP contribution in [0.5, 0.6) is 0 Å². The summed E-state index contributed by atoms with van der Waals surface area (Å²) in [5.41, 5.74) is 4.47. The molecule has 0 spiro atoms. The number of benzene rings is 3. The molecule has 1 aliphatic heterocycles. The van der Waals surface area contributed by atoms with Crippen LogP contribution < -0.4 is 0 Å². The van der Waals surface area contributed by atoms with Crippen LogP contribution in [0.25, 0.3) is 10.1 Å². The highest BCUT2D eigenvalue weighted by atomic mass is 32.2. The van der Waals surface area contributed by atoms with Crippen molar-refractivity contribution in [1.82, 2.24) is 0 Å². The van der Waals surface area contributed by atoms with Gasteiger partial charge in [-0.25, -0.2) is 4.79 Å². The molecule has 1 aromatic heterocycles. The SMILES string of the molecule is CCOC(=O)c1cc2c3c(ccc2s1)N=C(c1ccccc1)CC(c1ccccc1)S3. The molecule has 0 N–H and O–H groups in total. The van der Waals surface area contributed by atoms with E-state index < -0.39 is 0 Å². The highest BCUT2D eigenvalue weighted by molar-refractivity contribution is 8.00. The van der Waals surface area contributed by atoms with E-state index in [9.17, 15) is 4.79 Å². The fourth-order valence-corrected chi connectivity index (χ4v) is 6.18. The Kier molecular flexibility index (Phi) is 5.62. The summed E-state index contributed by atoms with van der Waals surface area (Å²) in [6, 6.07) is 27.1. The van der Waals surface area contributed by atoms with E-state index in [1.807, 2.05) is 36.9 Å². The first kappa shape index (κ1) is 20.0. The van der Waals surface area contributed by atoms with Gasteiger partial charge in [0.1, 0.15) is 4.88 Å². The zero-order valence-electron chi connectivity index (χ0n) is 17.1. The van der Waals surface area contributed by atoms with Gasteiger partial charge in [-0.2, -0.15) is 0 Å². The Morgan fingerprint density at radius 1 is 1.03 bits per heavy atom. The molecule has 5 rings (SSSR count). The highest BCUT2D eigenvalue weighted by Crippen LogP contribution is 2.49. The summed E-state index contributed by atoms with van der Waals surface area (Å²) in [6.45, 7) is 2.21. The molecular weight excluding hydrogens is 422 g/mol. The number of carbonyl (C=O) groups is 1. The van der Waals surface area contributed by atoms with Crippen LogP contribution >= 0.6 is 23.1 Å². The van der Waals surface area contributed by atoms with E-state index >= 15 is 0 Å². The number of nitrogens with zero attached hydrogens (tertiary/aromatic N) is 1. The standard InChI is InChI=1S/C26H21NO2S2/c1-2-29-26(28)24-15-19-22(30-24)14-13-20-25(19)31-23(18-11-7-4-8-12-18)16-21(27-20)17-9-5-3-6-10-17/h3-15,23H,2,16H2,1H3. The van der Waals surface area contributed by atoms with E-state index in [-0.39, 0.29) is 11.2 Å². The van der Waals surface area contributed by atoms with E-state index in [1.54, 1.807) is 0 Å². The fourth-order valence-electron chi connectivity index (χ4n) is 3.81. The van der Waals surface area contributed by atoms with Gasteiger partial charge in [0.25, 0.3) is 0 Å². The molecule has 1 unspecified atom stereocenters. The van der Waals surface area contributed by atoms with Crippen molar-refractivity contribution < 1.29 is 9.53 Å². The Morgan fingerprint density at radius 3 is 2.52 bits per heavy atom. The van der Waals surface area contributed by atoms with E-state index in [0.29, 0.717) is 11.5 Å². The largest absolute Gasteiger partial charge is 0.462 e. The van der Waals surface area contributed by atoms with Crippen molar-refractivity contribution in [1.29, 1.82) is 0 Å². The second kappa shape index (κ2) is 8.69. The summed E-state index contributed by atoms with van der Waals surface area (Å²) in [4.78, 5) is 19.2. The molecule has 0 saturated carbocycles. The van der Waals surface area contributed by atoms with Gasteiger partial charge in [0.05, 0.1) is 12.3 Å². The lowest BCUT2D eigenvalue weighted by Crippen LogP contribution is -2.05. The zero-order chi connectivity index (χ0) is 21.2. The Bertz CT molecular complexity index is 1260. The van der Waals surface area contributed by atoms with E-state index in [1.165, 1.54) is 16.9 Å². The molecule has 1 aliphatic rings. The van der Waals surface area contributed by atoms with Crippen LogP contribution in [0.2, 0.25) is 0 Å². The van der Waals surface area contributed by atoms with Gasteiger partial charge in [-0.05, 0) is 36.2 Å². The molecule has 154 valence electrons. The second-order valence-corrected chi connectivity index (χ2v) is 9.60. The average Bonchev–Trinajstić information content (AvgIpc) is 3.15. The Labute approximate surface area is 189 Å². The predicted molar refractivity (Wildman–Crippen MR) is 130 cm³/mol. The van der Waals surface area contributed by atoms with Crippen molar-refractivity contribution in [3.8, 4) is 0 Å². The first-order chi connectivity index (χ1) is 15.2. The summed E-state index contributed by atoms with van der Waals surface area (Å²) in [6.07, 6.45) is 0.837. The second-order valence-electron chi connectivity index (χ2n) is 7.30. The molecule has 0 bridgehead atoms. The van der Waals surface area contributed by atoms with Crippen LogP contribution in [0.4, 0.5) is 5.69 Å². The molecule has 5 heteroatoms. The summed E-state index contributed by atoms with van der Waals surface area (Å²) in [5.74, 6) is -0.260. The first-order valence-electron chi connectivity index (χ1n) is 10.3. The minimum absolute atomic E-state index is 0.234. The van der Waals surface area contributed by atoms with Crippen LogP contribution in [0.3, 0.4) is 0 Å².